The number of halogens is 1. The van der Waals surface area contributed by atoms with E-state index >= 15 is 0 Å². The fourth-order valence-electron chi connectivity index (χ4n) is 2.33. The fraction of sp³-hybridized carbons (Fsp3) is 0.0500. The minimum Gasteiger partial charge on any atom is -0.343 e. The van der Waals surface area contributed by atoms with Crippen molar-refractivity contribution in [1.82, 2.24) is 5.32 Å². The molecule has 136 valence electrons. The molecule has 0 aliphatic heterocycles. The number of anilines is 1. The van der Waals surface area contributed by atoms with Crippen LogP contribution in [-0.2, 0) is 16.1 Å². The van der Waals surface area contributed by atoms with Crippen LogP contribution >= 0.6 is 22.9 Å². The number of rotatable bonds is 5. The maximum atomic E-state index is 12.4. The Balaban J connectivity index is 1.55. The molecule has 2 aromatic carbocycles. The molecule has 0 fully saturated rings. The molecule has 2 amide bonds. The van der Waals surface area contributed by atoms with E-state index in [0.29, 0.717) is 21.2 Å². The van der Waals surface area contributed by atoms with E-state index in [9.17, 15) is 14.4 Å². The lowest BCUT2D eigenvalue weighted by Crippen LogP contribution is -2.34. The first-order valence-corrected chi connectivity index (χ1v) is 9.25. The molecule has 27 heavy (non-hydrogen) atoms. The van der Waals surface area contributed by atoms with Gasteiger partial charge < -0.3 is 10.6 Å². The van der Waals surface area contributed by atoms with Gasteiger partial charge in [0.15, 0.2) is 0 Å². The van der Waals surface area contributed by atoms with Gasteiger partial charge >= 0.3 is 11.8 Å². The van der Waals surface area contributed by atoms with Crippen LogP contribution in [0.25, 0.3) is 0 Å². The van der Waals surface area contributed by atoms with Crippen LogP contribution < -0.4 is 10.6 Å². The number of carbonyl (C=O) groups excluding carboxylic acids is 3. The maximum Gasteiger partial charge on any atom is 0.313 e. The highest BCUT2D eigenvalue weighted by Gasteiger charge is 2.15. The molecule has 1 aromatic heterocycles. The smallest absolute Gasteiger partial charge is 0.313 e. The summed E-state index contributed by atoms with van der Waals surface area (Å²) in [4.78, 5) is 37.6. The summed E-state index contributed by atoms with van der Waals surface area (Å²) < 4.78 is 0. The van der Waals surface area contributed by atoms with Gasteiger partial charge in [-0.2, -0.15) is 0 Å². The molecule has 0 aliphatic carbocycles. The van der Waals surface area contributed by atoms with Crippen molar-refractivity contribution in [3.63, 3.8) is 0 Å². The number of thiophene rings is 1. The first kappa shape index (κ1) is 18.8. The third-order valence-electron chi connectivity index (χ3n) is 3.63. The van der Waals surface area contributed by atoms with Crippen molar-refractivity contribution in [2.45, 2.75) is 6.54 Å². The van der Waals surface area contributed by atoms with E-state index in [2.05, 4.69) is 10.6 Å². The van der Waals surface area contributed by atoms with E-state index in [1.54, 1.807) is 60.7 Å². The molecule has 3 rings (SSSR count). The van der Waals surface area contributed by atoms with Gasteiger partial charge in [0.05, 0.1) is 11.4 Å². The molecule has 7 heteroatoms. The first-order valence-electron chi connectivity index (χ1n) is 8.06. The van der Waals surface area contributed by atoms with Crippen LogP contribution in [0.1, 0.15) is 20.1 Å². The Labute approximate surface area is 165 Å². The lowest BCUT2D eigenvalue weighted by molar-refractivity contribution is -0.136. The highest BCUT2D eigenvalue weighted by molar-refractivity contribution is 7.14. The highest BCUT2D eigenvalue weighted by atomic mass is 35.5. The monoisotopic (exact) mass is 398 g/mol. The quantitative estimate of drug-likeness (QED) is 0.505. The van der Waals surface area contributed by atoms with E-state index in [4.69, 9.17) is 11.6 Å². The van der Waals surface area contributed by atoms with Gasteiger partial charge in [-0.25, -0.2) is 0 Å². The number of benzene rings is 2. The molecule has 0 saturated carbocycles. The summed E-state index contributed by atoms with van der Waals surface area (Å²) in [6.45, 7) is 0.161. The molecule has 3 aromatic rings. The van der Waals surface area contributed by atoms with E-state index < -0.39 is 11.8 Å². The van der Waals surface area contributed by atoms with Crippen LogP contribution in [0.4, 0.5) is 5.69 Å². The molecule has 0 atom stereocenters. The Bertz CT molecular complexity index is 986. The molecule has 0 saturated heterocycles. The van der Waals surface area contributed by atoms with E-state index in [0.717, 1.165) is 4.88 Å². The molecule has 2 N–H and O–H groups in total. The molecule has 0 aliphatic rings. The van der Waals surface area contributed by atoms with Gasteiger partial charge in [0.1, 0.15) is 0 Å². The third kappa shape index (κ3) is 5.03. The lowest BCUT2D eigenvalue weighted by Gasteiger charge is -2.06. The van der Waals surface area contributed by atoms with Crippen molar-refractivity contribution in [3.05, 3.63) is 87.1 Å². The van der Waals surface area contributed by atoms with E-state index in [1.807, 2.05) is 6.07 Å². The van der Waals surface area contributed by atoms with Gasteiger partial charge in [-0.1, -0.05) is 48.0 Å². The zero-order chi connectivity index (χ0) is 19.2. The molecule has 0 spiro atoms. The molecular formula is C20H15ClN2O3S. The Kier molecular flexibility index (Phi) is 6.01. The zero-order valence-corrected chi connectivity index (χ0v) is 15.6. The van der Waals surface area contributed by atoms with Crippen molar-refractivity contribution >= 4 is 46.2 Å². The van der Waals surface area contributed by atoms with Gasteiger partial charge in [-0.3, -0.25) is 14.4 Å². The van der Waals surface area contributed by atoms with Gasteiger partial charge in [-0.15, -0.1) is 11.3 Å². The van der Waals surface area contributed by atoms with Gasteiger partial charge in [0.25, 0.3) is 0 Å². The van der Waals surface area contributed by atoms with Crippen molar-refractivity contribution < 1.29 is 14.4 Å². The molecule has 0 unspecified atom stereocenters. The zero-order valence-electron chi connectivity index (χ0n) is 14.1. The summed E-state index contributed by atoms with van der Waals surface area (Å²) >= 11 is 7.13. The Hall–Kier alpha value is -2.96. The molecule has 1 heterocycles. The fourth-order valence-corrected chi connectivity index (χ4v) is 3.43. The average Bonchev–Trinajstić information content (AvgIpc) is 3.15. The third-order valence-corrected chi connectivity index (χ3v) is 4.95. The molecule has 0 radical (unpaired) electrons. The minimum atomic E-state index is -0.783. The average molecular weight is 399 g/mol. The number of carbonyl (C=O) groups is 3. The predicted molar refractivity (Wildman–Crippen MR) is 106 cm³/mol. The highest BCUT2D eigenvalue weighted by Crippen LogP contribution is 2.20. The standard InChI is InChI=1S/C20H15ClN2O3S/c21-14-7-4-8-15(11-14)23-20(26)19(25)22-12-16-9-10-17(27-16)18(24)13-5-2-1-3-6-13/h1-11H,12H2,(H,22,25)(H,23,26). The van der Waals surface area contributed by atoms with Crippen molar-refractivity contribution in [1.29, 1.82) is 0 Å². The van der Waals surface area contributed by atoms with Crippen LogP contribution in [0.5, 0.6) is 0 Å². The normalized spacial score (nSPS) is 10.3. The van der Waals surface area contributed by atoms with Crippen molar-refractivity contribution in [2.24, 2.45) is 0 Å². The van der Waals surface area contributed by atoms with E-state index in [-0.39, 0.29) is 12.3 Å². The second-order valence-electron chi connectivity index (χ2n) is 5.61. The summed E-state index contributed by atoms with van der Waals surface area (Å²) in [5.41, 5.74) is 1.05. The van der Waals surface area contributed by atoms with E-state index in [1.165, 1.54) is 11.3 Å². The topological polar surface area (TPSA) is 75.3 Å². The lowest BCUT2D eigenvalue weighted by atomic mass is 10.1. The summed E-state index contributed by atoms with van der Waals surface area (Å²) in [7, 11) is 0. The largest absolute Gasteiger partial charge is 0.343 e. The summed E-state index contributed by atoms with van der Waals surface area (Å²) in [5, 5.41) is 5.48. The number of hydrogen-bond donors (Lipinski definition) is 2. The number of ketones is 1. The maximum absolute atomic E-state index is 12.4. The minimum absolute atomic E-state index is 0.0723. The van der Waals surface area contributed by atoms with Crippen LogP contribution in [-0.4, -0.2) is 17.6 Å². The Morgan fingerprint density at radius 1 is 0.889 bits per heavy atom. The van der Waals surface area contributed by atoms with Crippen LogP contribution in [0.2, 0.25) is 5.02 Å². The SMILES string of the molecule is O=C(NCc1ccc(C(=O)c2ccccc2)s1)C(=O)Nc1cccc(Cl)c1. The number of amides is 2. The summed E-state index contributed by atoms with van der Waals surface area (Å²) in [6, 6.07) is 19.0. The molecule has 0 bridgehead atoms. The second kappa shape index (κ2) is 8.62. The summed E-state index contributed by atoms with van der Waals surface area (Å²) in [6.07, 6.45) is 0. The summed E-state index contributed by atoms with van der Waals surface area (Å²) in [5.74, 6) is -1.62. The first-order chi connectivity index (χ1) is 13.0. The Morgan fingerprint density at radius 3 is 2.41 bits per heavy atom. The van der Waals surface area contributed by atoms with Crippen LogP contribution in [0, 0.1) is 0 Å². The second-order valence-corrected chi connectivity index (χ2v) is 7.21. The number of nitrogens with one attached hydrogen (secondary N) is 2. The number of hydrogen-bond acceptors (Lipinski definition) is 4. The van der Waals surface area contributed by atoms with Crippen molar-refractivity contribution in [2.75, 3.05) is 5.32 Å². The van der Waals surface area contributed by atoms with Gasteiger partial charge in [0.2, 0.25) is 5.78 Å². The predicted octanol–water partition coefficient (Wildman–Crippen LogP) is 3.89. The van der Waals surface area contributed by atoms with Crippen LogP contribution in [0.3, 0.4) is 0 Å². The molecular weight excluding hydrogens is 384 g/mol. The van der Waals surface area contributed by atoms with Gasteiger partial charge in [0, 0.05) is 21.2 Å². The molecule has 5 nitrogen and oxygen atoms in total. The Morgan fingerprint density at radius 2 is 1.67 bits per heavy atom. The van der Waals surface area contributed by atoms with Crippen LogP contribution in [0.15, 0.2) is 66.7 Å². The van der Waals surface area contributed by atoms with Crippen molar-refractivity contribution in [3.8, 4) is 0 Å². The van der Waals surface area contributed by atoms with Gasteiger partial charge in [-0.05, 0) is 30.3 Å².